The second-order valence-corrected chi connectivity index (χ2v) is 7.98. The zero-order valence-electron chi connectivity index (χ0n) is 10.9. The van der Waals surface area contributed by atoms with Gasteiger partial charge in [0.05, 0.1) is 17.5 Å². The van der Waals surface area contributed by atoms with Gasteiger partial charge in [-0.2, -0.15) is 0 Å². The highest BCUT2D eigenvalue weighted by Crippen LogP contribution is 2.32. The maximum Gasteiger partial charge on any atom is 0.241 e. The van der Waals surface area contributed by atoms with Crippen molar-refractivity contribution < 1.29 is 21.6 Å². The standard InChI is InChI=1S/C11H16N2O5S2/c1-2-18-10-6-3-8(7-11(10)19(12,14)15)13-20(16,17)9-4-5-9/h3,6-7,9,13H,2,4-5H2,1H3,(H2,12,14,15). The highest BCUT2D eigenvalue weighted by molar-refractivity contribution is 7.93. The molecule has 0 spiro atoms. The van der Waals surface area contributed by atoms with E-state index in [1.54, 1.807) is 6.92 Å². The average molecular weight is 320 g/mol. The summed E-state index contributed by atoms with van der Waals surface area (Å²) in [6.07, 6.45) is 1.24. The van der Waals surface area contributed by atoms with Crippen molar-refractivity contribution >= 4 is 25.7 Å². The molecule has 0 saturated heterocycles. The normalized spacial score (nSPS) is 15.9. The minimum absolute atomic E-state index is 0.101. The maximum absolute atomic E-state index is 11.8. The molecule has 1 aliphatic carbocycles. The molecular formula is C11H16N2O5S2. The lowest BCUT2D eigenvalue weighted by atomic mass is 10.3. The molecule has 2 rings (SSSR count). The van der Waals surface area contributed by atoms with Crippen molar-refractivity contribution in [2.45, 2.75) is 29.9 Å². The Kier molecular flexibility index (Phi) is 3.94. The Morgan fingerprint density at radius 3 is 2.45 bits per heavy atom. The van der Waals surface area contributed by atoms with E-state index >= 15 is 0 Å². The first-order valence-electron chi connectivity index (χ1n) is 6.05. The molecule has 1 aromatic rings. The molecule has 0 heterocycles. The van der Waals surface area contributed by atoms with Crippen LogP contribution in [0.3, 0.4) is 0 Å². The summed E-state index contributed by atoms with van der Waals surface area (Å²) in [6, 6.07) is 3.99. The van der Waals surface area contributed by atoms with Crippen molar-refractivity contribution in [2.24, 2.45) is 5.14 Å². The molecule has 0 aromatic heterocycles. The third-order valence-corrected chi connectivity index (χ3v) is 5.57. The van der Waals surface area contributed by atoms with E-state index in [0.717, 1.165) is 0 Å². The largest absolute Gasteiger partial charge is 0.492 e. The van der Waals surface area contributed by atoms with Gasteiger partial charge in [-0.25, -0.2) is 22.0 Å². The molecule has 1 aliphatic rings. The van der Waals surface area contributed by atoms with Crippen LogP contribution in [0.15, 0.2) is 23.1 Å². The van der Waals surface area contributed by atoms with Crippen LogP contribution in [0, 0.1) is 0 Å². The van der Waals surface area contributed by atoms with Crippen molar-refractivity contribution in [2.75, 3.05) is 11.3 Å². The molecule has 1 aromatic carbocycles. The first-order chi connectivity index (χ1) is 9.24. The van der Waals surface area contributed by atoms with Gasteiger partial charge in [0.25, 0.3) is 0 Å². The zero-order valence-corrected chi connectivity index (χ0v) is 12.5. The predicted octanol–water partition coefficient (Wildman–Crippen LogP) is 0.637. The van der Waals surface area contributed by atoms with Gasteiger partial charge >= 0.3 is 0 Å². The molecule has 1 saturated carbocycles. The monoisotopic (exact) mass is 320 g/mol. The summed E-state index contributed by atoms with van der Waals surface area (Å²) in [7, 11) is -7.45. The number of nitrogens with two attached hydrogens (primary N) is 1. The van der Waals surface area contributed by atoms with Crippen LogP contribution in [0.4, 0.5) is 5.69 Å². The minimum atomic E-state index is -4.00. The summed E-state index contributed by atoms with van der Waals surface area (Å²) in [6.45, 7) is 1.98. The zero-order chi connectivity index (χ0) is 15.0. The van der Waals surface area contributed by atoms with Crippen molar-refractivity contribution in [1.29, 1.82) is 0 Å². The summed E-state index contributed by atoms with van der Waals surface area (Å²) >= 11 is 0. The first-order valence-corrected chi connectivity index (χ1v) is 9.14. The molecule has 1 fully saturated rings. The van der Waals surface area contributed by atoms with Gasteiger partial charge in [-0.15, -0.1) is 0 Å². The summed E-state index contributed by atoms with van der Waals surface area (Å²) in [5.74, 6) is 0.101. The Bertz CT molecular complexity index is 708. The van der Waals surface area contributed by atoms with E-state index in [1.165, 1.54) is 18.2 Å². The maximum atomic E-state index is 11.8. The third-order valence-electron chi connectivity index (χ3n) is 2.77. The Morgan fingerprint density at radius 1 is 1.30 bits per heavy atom. The fourth-order valence-corrected chi connectivity index (χ4v) is 3.77. The highest BCUT2D eigenvalue weighted by atomic mass is 32.2. The van der Waals surface area contributed by atoms with E-state index in [2.05, 4.69) is 4.72 Å². The number of nitrogens with one attached hydrogen (secondary N) is 1. The van der Waals surface area contributed by atoms with Crippen LogP contribution in [0.5, 0.6) is 5.75 Å². The van der Waals surface area contributed by atoms with Gasteiger partial charge in [0.1, 0.15) is 10.6 Å². The van der Waals surface area contributed by atoms with Gasteiger partial charge in [0, 0.05) is 0 Å². The molecule has 9 heteroatoms. The number of hydrogen-bond donors (Lipinski definition) is 2. The molecule has 0 atom stereocenters. The first kappa shape index (κ1) is 15.1. The van der Waals surface area contributed by atoms with Gasteiger partial charge in [0.15, 0.2) is 0 Å². The summed E-state index contributed by atoms with van der Waals surface area (Å²) in [4.78, 5) is -0.240. The molecule has 0 radical (unpaired) electrons. The lowest BCUT2D eigenvalue weighted by molar-refractivity contribution is 0.331. The van der Waals surface area contributed by atoms with Crippen LogP contribution in [0.1, 0.15) is 19.8 Å². The fourth-order valence-electron chi connectivity index (χ4n) is 1.69. The lowest BCUT2D eigenvalue weighted by Gasteiger charge is -2.12. The van der Waals surface area contributed by atoms with Crippen molar-refractivity contribution in [3.8, 4) is 5.75 Å². The van der Waals surface area contributed by atoms with Gasteiger partial charge < -0.3 is 4.74 Å². The molecule has 3 N–H and O–H groups in total. The number of primary sulfonamides is 1. The van der Waals surface area contributed by atoms with Crippen LogP contribution in [-0.2, 0) is 20.0 Å². The van der Waals surface area contributed by atoms with Crippen molar-refractivity contribution in [1.82, 2.24) is 0 Å². The van der Waals surface area contributed by atoms with Gasteiger partial charge in [-0.05, 0) is 38.0 Å². The quantitative estimate of drug-likeness (QED) is 0.798. The highest BCUT2D eigenvalue weighted by Gasteiger charge is 2.35. The topological polar surface area (TPSA) is 116 Å². The van der Waals surface area contributed by atoms with E-state index in [9.17, 15) is 16.8 Å². The summed E-state index contributed by atoms with van der Waals surface area (Å²) < 4.78 is 54.2. The van der Waals surface area contributed by atoms with E-state index in [4.69, 9.17) is 9.88 Å². The molecule has 0 amide bonds. The van der Waals surface area contributed by atoms with E-state index < -0.39 is 25.3 Å². The number of hydrogen-bond acceptors (Lipinski definition) is 5. The predicted molar refractivity (Wildman–Crippen MR) is 74.5 cm³/mol. The smallest absolute Gasteiger partial charge is 0.241 e. The van der Waals surface area contributed by atoms with Crippen molar-refractivity contribution in [3.05, 3.63) is 18.2 Å². The molecule has 0 aliphatic heterocycles. The lowest BCUT2D eigenvalue weighted by Crippen LogP contribution is -2.19. The molecule has 0 unspecified atom stereocenters. The van der Waals surface area contributed by atoms with Crippen LogP contribution in [0.25, 0.3) is 0 Å². The van der Waals surface area contributed by atoms with Crippen molar-refractivity contribution in [3.63, 3.8) is 0 Å². The number of sulfonamides is 2. The second kappa shape index (κ2) is 5.23. The Labute approximate surface area is 118 Å². The molecule has 112 valence electrons. The molecular weight excluding hydrogens is 304 g/mol. The number of anilines is 1. The molecule has 7 nitrogen and oxygen atoms in total. The second-order valence-electron chi connectivity index (χ2n) is 4.49. The van der Waals surface area contributed by atoms with Crippen LogP contribution >= 0.6 is 0 Å². The number of benzene rings is 1. The fraction of sp³-hybridized carbons (Fsp3) is 0.455. The Morgan fingerprint density at radius 2 is 1.95 bits per heavy atom. The third kappa shape index (κ3) is 3.41. The van der Waals surface area contributed by atoms with Gasteiger partial charge in [-0.3, -0.25) is 4.72 Å². The van der Waals surface area contributed by atoms with Crippen LogP contribution in [-0.4, -0.2) is 28.7 Å². The number of ether oxygens (including phenoxy) is 1. The van der Waals surface area contributed by atoms with Crippen LogP contribution in [0.2, 0.25) is 0 Å². The van der Waals surface area contributed by atoms with Gasteiger partial charge in [-0.1, -0.05) is 0 Å². The van der Waals surface area contributed by atoms with Crippen LogP contribution < -0.4 is 14.6 Å². The molecule has 0 bridgehead atoms. The Hall–Kier alpha value is -1.32. The summed E-state index contributed by atoms with van der Waals surface area (Å²) in [5, 5.41) is 4.71. The Balaban J connectivity index is 2.37. The van der Waals surface area contributed by atoms with E-state index in [0.29, 0.717) is 12.8 Å². The summed E-state index contributed by atoms with van der Waals surface area (Å²) in [5.41, 5.74) is 0.157. The van der Waals surface area contributed by atoms with E-state index in [1.807, 2.05) is 0 Å². The SMILES string of the molecule is CCOc1ccc(NS(=O)(=O)C2CC2)cc1S(N)(=O)=O. The number of rotatable bonds is 6. The minimum Gasteiger partial charge on any atom is -0.492 e. The van der Waals surface area contributed by atoms with Gasteiger partial charge in [0.2, 0.25) is 20.0 Å². The van der Waals surface area contributed by atoms with E-state index in [-0.39, 0.29) is 22.9 Å². The average Bonchev–Trinajstić information content (AvgIpc) is 3.13. The molecule has 20 heavy (non-hydrogen) atoms.